The van der Waals surface area contributed by atoms with Crippen molar-refractivity contribution in [3.63, 3.8) is 0 Å². The SMILES string of the molecule is CCC(CCNC(F)C(F)(F)COCC(F)(F)C(F)C(F)(F)F)C(F)(F)F. The summed E-state index contributed by atoms with van der Waals surface area (Å²) in [5, 5.41) is 1.42. The van der Waals surface area contributed by atoms with Gasteiger partial charge in [-0.1, -0.05) is 6.92 Å². The average Bonchev–Trinajstić information content (AvgIpc) is 2.47. The molecule has 0 saturated carbocycles. The Morgan fingerprint density at radius 3 is 1.67 bits per heavy atom. The van der Waals surface area contributed by atoms with Gasteiger partial charge in [0.2, 0.25) is 6.30 Å². The van der Waals surface area contributed by atoms with Crippen molar-refractivity contribution in [3.8, 4) is 0 Å². The van der Waals surface area contributed by atoms with Crippen molar-refractivity contribution >= 4 is 0 Å². The van der Waals surface area contributed by atoms with Gasteiger partial charge in [-0.15, -0.1) is 0 Å². The standard InChI is InChI=1S/C13H17F12NO/c1-2-7(12(20,21)22)3-4-26-9(15)11(18,19)6-27-5-10(16,17)8(14)13(23,24)25/h7-9,26H,2-6H2,1H3. The summed E-state index contributed by atoms with van der Waals surface area (Å²) >= 11 is 0. The molecule has 0 fully saturated rings. The van der Waals surface area contributed by atoms with Crippen LogP contribution in [0.15, 0.2) is 0 Å². The van der Waals surface area contributed by atoms with E-state index in [1.807, 2.05) is 0 Å². The molecule has 3 atom stereocenters. The molecule has 0 heterocycles. The van der Waals surface area contributed by atoms with E-state index in [9.17, 15) is 52.7 Å². The third-order valence-electron chi connectivity index (χ3n) is 3.39. The number of hydrogen-bond acceptors (Lipinski definition) is 2. The molecule has 2 nitrogen and oxygen atoms in total. The van der Waals surface area contributed by atoms with Crippen LogP contribution in [0.2, 0.25) is 0 Å². The van der Waals surface area contributed by atoms with Crippen LogP contribution in [-0.2, 0) is 4.74 Å². The van der Waals surface area contributed by atoms with Crippen LogP contribution in [0.25, 0.3) is 0 Å². The molecule has 27 heavy (non-hydrogen) atoms. The minimum atomic E-state index is -5.96. The minimum Gasteiger partial charge on any atom is -0.369 e. The predicted molar refractivity (Wildman–Crippen MR) is 69.0 cm³/mol. The predicted octanol–water partition coefficient (Wildman–Crippen LogP) is 5.04. The van der Waals surface area contributed by atoms with Crippen LogP contribution in [0.5, 0.6) is 0 Å². The van der Waals surface area contributed by atoms with Gasteiger partial charge in [-0.3, -0.25) is 5.32 Å². The van der Waals surface area contributed by atoms with Crippen molar-refractivity contribution in [2.45, 2.75) is 56.4 Å². The fraction of sp³-hybridized carbons (Fsp3) is 1.00. The van der Waals surface area contributed by atoms with Crippen LogP contribution in [0.4, 0.5) is 52.7 Å². The van der Waals surface area contributed by atoms with E-state index in [0.29, 0.717) is 0 Å². The monoisotopic (exact) mass is 431 g/mol. The molecule has 164 valence electrons. The number of hydrogen-bond donors (Lipinski definition) is 1. The lowest BCUT2D eigenvalue weighted by atomic mass is 10.0. The molecule has 0 aliphatic heterocycles. The molecule has 0 rings (SSSR count). The smallest absolute Gasteiger partial charge is 0.369 e. The van der Waals surface area contributed by atoms with Crippen molar-refractivity contribution in [2.75, 3.05) is 19.8 Å². The molecule has 0 bridgehead atoms. The summed E-state index contributed by atoms with van der Waals surface area (Å²) in [6, 6.07) is 0. The second kappa shape index (κ2) is 9.52. The maximum absolute atomic E-state index is 13.3. The van der Waals surface area contributed by atoms with E-state index in [1.54, 1.807) is 0 Å². The molecular weight excluding hydrogens is 414 g/mol. The van der Waals surface area contributed by atoms with Gasteiger partial charge in [-0.25, -0.2) is 17.6 Å². The van der Waals surface area contributed by atoms with Crippen molar-refractivity contribution in [1.29, 1.82) is 0 Å². The molecule has 0 aliphatic rings. The van der Waals surface area contributed by atoms with Gasteiger partial charge in [0.05, 0.1) is 5.92 Å². The average molecular weight is 431 g/mol. The highest BCUT2D eigenvalue weighted by Crippen LogP contribution is 2.35. The third-order valence-corrected chi connectivity index (χ3v) is 3.39. The Hall–Kier alpha value is -0.920. The van der Waals surface area contributed by atoms with Gasteiger partial charge in [-0.05, 0) is 19.4 Å². The number of halogens is 12. The van der Waals surface area contributed by atoms with Gasteiger partial charge in [0.1, 0.15) is 13.2 Å². The summed E-state index contributed by atoms with van der Waals surface area (Å²) in [7, 11) is 0. The summed E-state index contributed by atoms with van der Waals surface area (Å²) in [5.74, 6) is -11.6. The Kier molecular flexibility index (Phi) is 9.20. The van der Waals surface area contributed by atoms with Crippen LogP contribution >= 0.6 is 0 Å². The molecule has 3 unspecified atom stereocenters. The molecule has 0 aromatic heterocycles. The first-order chi connectivity index (χ1) is 11.9. The molecule has 1 N–H and O–H groups in total. The van der Waals surface area contributed by atoms with E-state index in [-0.39, 0.29) is 6.42 Å². The summed E-state index contributed by atoms with van der Waals surface area (Å²) < 4.78 is 155. The quantitative estimate of drug-likeness (QED) is 0.366. The molecule has 0 spiro atoms. The number of alkyl halides is 12. The Morgan fingerprint density at radius 2 is 1.26 bits per heavy atom. The summed E-state index contributed by atoms with van der Waals surface area (Å²) in [4.78, 5) is 0. The van der Waals surface area contributed by atoms with Crippen molar-refractivity contribution in [1.82, 2.24) is 5.32 Å². The van der Waals surface area contributed by atoms with E-state index >= 15 is 0 Å². The van der Waals surface area contributed by atoms with E-state index in [2.05, 4.69) is 4.74 Å². The number of rotatable bonds is 11. The highest BCUT2D eigenvalue weighted by molar-refractivity contribution is 4.83. The number of nitrogens with one attached hydrogen (secondary N) is 1. The largest absolute Gasteiger partial charge is 0.425 e. The molecule has 0 aliphatic carbocycles. The van der Waals surface area contributed by atoms with Gasteiger partial charge in [0.25, 0.3) is 6.17 Å². The Labute approximate surface area is 146 Å². The molecule has 0 amide bonds. The molecule has 0 saturated heterocycles. The molecule has 14 heteroatoms. The maximum Gasteiger partial charge on any atom is 0.425 e. The van der Waals surface area contributed by atoms with Gasteiger partial charge >= 0.3 is 24.2 Å². The van der Waals surface area contributed by atoms with E-state index in [0.717, 1.165) is 0 Å². The zero-order valence-corrected chi connectivity index (χ0v) is 13.7. The Balaban J connectivity index is 4.50. The first-order valence-electron chi connectivity index (χ1n) is 7.43. The Morgan fingerprint density at radius 1 is 0.778 bits per heavy atom. The van der Waals surface area contributed by atoms with Crippen LogP contribution in [-0.4, -0.2) is 56.4 Å². The van der Waals surface area contributed by atoms with E-state index in [1.165, 1.54) is 12.2 Å². The first kappa shape index (κ1) is 26.1. The highest BCUT2D eigenvalue weighted by atomic mass is 19.4. The molecular formula is C13H17F12NO. The van der Waals surface area contributed by atoms with E-state index < -0.39 is 68.8 Å². The Bertz CT molecular complexity index is 436. The number of ether oxygens (including phenoxy) is 1. The second-order valence-electron chi connectivity index (χ2n) is 5.67. The van der Waals surface area contributed by atoms with Crippen molar-refractivity contribution in [3.05, 3.63) is 0 Å². The lowest BCUT2D eigenvalue weighted by Gasteiger charge is -2.25. The lowest BCUT2D eigenvalue weighted by molar-refractivity contribution is -0.260. The second-order valence-corrected chi connectivity index (χ2v) is 5.67. The van der Waals surface area contributed by atoms with Crippen LogP contribution in [0, 0.1) is 5.92 Å². The van der Waals surface area contributed by atoms with E-state index in [4.69, 9.17) is 0 Å². The molecule has 0 aromatic rings. The van der Waals surface area contributed by atoms with Crippen LogP contribution in [0.3, 0.4) is 0 Å². The zero-order valence-electron chi connectivity index (χ0n) is 13.7. The van der Waals surface area contributed by atoms with Crippen molar-refractivity contribution < 1.29 is 57.4 Å². The highest BCUT2D eigenvalue weighted by Gasteiger charge is 2.57. The normalized spacial score (nSPS) is 17.7. The molecule has 0 aromatic carbocycles. The van der Waals surface area contributed by atoms with Gasteiger partial charge < -0.3 is 4.74 Å². The van der Waals surface area contributed by atoms with Gasteiger partial charge in [0, 0.05) is 0 Å². The third kappa shape index (κ3) is 8.75. The lowest BCUT2D eigenvalue weighted by Crippen LogP contribution is -2.48. The summed E-state index contributed by atoms with van der Waals surface area (Å²) in [6.07, 6.45) is -19.7. The summed E-state index contributed by atoms with van der Waals surface area (Å²) in [5.41, 5.74) is 0. The van der Waals surface area contributed by atoms with Gasteiger partial charge in [0.15, 0.2) is 0 Å². The topological polar surface area (TPSA) is 21.3 Å². The fourth-order valence-corrected chi connectivity index (χ4v) is 1.84. The summed E-state index contributed by atoms with van der Waals surface area (Å²) in [6.45, 7) is -4.21. The van der Waals surface area contributed by atoms with Crippen LogP contribution < -0.4 is 5.32 Å². The first-order valence-corrected chi connectivity index (χ1v) is 7.43. The maximum atomic E-state index is 13.3. The zero-order chi connectivity index (χ0) is 21.7. The fourth-order valence-electron chi connectivity index (χ4n) is 1.84. The van der Waals surface area contributed by atoms with Crippen molar-refractivity contribution in [2.24, 2.45) is 5.92 Å². The molecule has 0 radical (unpaired) electrons. The minimum absolute atomic E-state index is 0.389. The van der Waals surface area contributed by atoms with Gasteiger partial charge in [-0.2, -0.15) is 35.1 Å². The van der Waals surface area contributed by atoms with Crippen LogP contribution in [0.1, 0.15) is 19.8 Å².